The Balaban J connectivity index is 2.37. The molecule has 0 fully saturated rings. The molecule has 0 amide bonds. The third kappa shape index (κ3) is 3.50. The van der Waals surface area contributed by atoms with Gasteiger partial charge in [-0.25, -0.2) is 4.39 Å². The fraction of sp³-hybridized carbons (Fsp3) is 0.304. The van der Waals surface area contributed by atoms with Crippen LogP contribution in [0.1, 0.15) is 46.9 Å². The molecule has 0 saturated carbocycles. The lowest BCUT2D eigenvalue weighted by Gasteiger charge is -2.17. The quantitative estimate of drug-likeness (QED) is 0.664. The summed E-state index contributed by atoms with van der Waals surface area (Å²) in [7, 11) is 1.35. The molecular formula is C23H24FNO4. The summed E-state index contributed by atoms with van der Waals surface area (Å²) < 4.78 is 21.0. The molecule has 0 spiro atoms. The fourth-order valence-corrected chi connectivity index (χ4v) is 3.82. The van der Waals surface area contributed by atoms with E-state index >= 15 is 0 Å². The van der Waals surface area contributed by atoms with Gasteiger partial charge in [-0.3, -0.25) is 14.2 Å². The van der Waals surface area contributed by atoms with Gasteiger partial charge < -0.3 is 9.84 Å². The van der Waals surface area contributed by atoms with Crippen LogP contribution in [-0.2, 0) is 4.79 Å². The van der Waals surface area contributed by atoms with Crippen LogP contribution in [0.15, 0.2) is 36.4 Å². The minimum Gasteiger partial charge on any atom is -0.494 e. The molecule has 3 rings (SSSR count). The van der Waals surface area contributed by atoms with Crippen LogP contribution in [0.3, 0.4) is 0 Å². The van der Waals surface area contributed by atoms with Gasteiger partial charge in [0.05, 0.1) is 18.5 Å². The second-order valence-corrected chi connectivity index (χ2v) is 7.57. The van der Waals surface area contributed by atoms with Crippen LogP contribution >= 0.6 is 0 Å². The normalized spacial score (nSPS) is 12.4. The van der Waals surface area contributed by atoms with E-state index in [1.165, 1.54) is 23.8 Å². The SMILES string of the molecule is COc1cc2c(C(C(=O)O)C(C)C)c(C)n(C(=O)c3ccc(C)cc3)c2cc1F. The lowest BCUT2D eigenvalue weighted by Crippen LogP contribution is -2.19. The Morgan fingerprint density at radius 1 is 1.10 bits per heavy atom. The average molecular weight is 397 g/mol. The van der Waals surface area contributed by atoms with E-state index < -0.39 is 17.7 Å². The number of carbonyl (C=O) groups excluding carboxylic acids is 1. The van der Waals surface area contributed by atoms with Crippen LogP contribution in [0.5, 0.6) is 5.75 Å². The first-order valence-electron chi connectivity index (χ1n) is 9.40. The molecule has 6 heteroatoms. The predicted octanol–water partition coefficient (Wildman–Crippen LogP) is 4.92. The van der Waals surface area contributed by atoms with E-state index in [1.807, 2.05) is 32.9 Å². The van der Waals surface area contributed by atoms with Crippen molar-refractivity contribution in [3.8, 4) is 5.75 Å². The smallest absolute Gasteiger partial charge is 0.311 e. The lowest BCUT2D eigenvalue weighted by atomic mass is 9.86. The van der Waals surface area contributed by atoms with E-state index in [-0.39, 0.29) is 17.6 Å². The van der Waals surface area contributed by atoms with Crippen LogP contribution in [0.2, 0.25) is 0 Å². The summed E-state index contributed by atoms with van der Waals surface area (Å²) in [6.07, 6.45) is 0. The first-order valence-corrected chi connectivity index (χ1v) is 9.40. The molecule has 1 atom stereocenters. The number of benzene rings is 2. The monoisotopic (exact) mass is 397 g/mol. The molecule has 3 aromatic rings. The van der Waals surface area contributed by atoms with Gasteiger partial charge in [-0.15, -0.1) is 0 Å². The van der Waals surface area contributed by atoms with Gasteiger partial charge in [0, 0.05) is 22.7 Å². The summed E-state index contributed by atoms with van der Waals surface area (Å²) in [6, 6.07) is 9.78. The third-order valence-electron chi connectivity index (χ3n) is 5.27. The lowest BCUT2D eigenvalue weighted by molar-refractivity contribution is -0.139. The molecule has 5 nitrogen and oxygen atoms in total. The van der Waals surface area contributed by atoms with Crippen molar-refractivity contribution in [3.63, 3.8) is 0 Å². The maximum atomic E-state index is 14.5. The molecule has 2 aromatic carbocycles. The minimum absolute atomic E-state index is 0.00609. The molecule has 0 aliphatic rings. The summed E-state index contributed by atoms with van der Waals surface area (Å²) in [5, 5.41) is 10.4. The van der Waals surface area contributed by atoms with Crippen molar-refractivity contribution < 1.29 is 23.8 Å². The van der Waals surface area contributed by atoms with Gasteiger partial charge in [-0.1, -0.05) is 31.5 Å². The number of fused-ring (bicyclic) bond motifs is 1. The Hall–Kier alpha value is -3.15. The molecular weight excluding hydrogens is 373 g/mol. The molecule has 0 bridgehead atoms. The molecule has 1 heterocycles. The minimum atomic E-state index is -0.992. The van der Waals surface area contributed by atoms with Crippen molar-refractivity contribution in [2.24, 2.45) is 5.92 Å². The van der Waals surface area contributed by atoms with Gasteiger partial charge in [-0.2, -0.15) is 0 Å². The zero-order chi connectivity index (χ0) is 21.5. The van der Waals surface area contributed by atoms with E-state index in [9.17, 15) is 19.1 Å². The second-order valence-electron chi connectivity index (χ2n) is 7.57. The molecule has 1 unspecified atom stereocenters. The number of aryl methyl sites for hydroxylation is 1. The number of aliphatic carboxylic acids is 1. The Bertz CT molecular complexity index is 1100. The number of carboxylic acid groups (broad SMARTS) is 1. The number of carboxylic acids is 1. The molecule has 29 heavy (non-hydrogen) atoms. The van der Waals surface area contributed by atoms with E-state index in [4.69, 9.17) is 4.74 Å². The van der Waals surface area contributed by atoms with E-state index in [0.717, 1.165) is 5.56 Å². The number of ether oxygens (including phenoxy) is 1. The van der Waals surface area contributed by atoms with Crippen LogP contribution in [0, 0.1) is 25.6 Å². The maximum Gasteiger partial charge on any atom is 0.311 e. The first-order chi connectivity index (χ1) is 13.7. The maximum absolute atomic E-state index is 14.5. The number of hydrogen-bond donors (Lipinski definition) is 1. The number of nitrogens with zero attached hydrogens (tertiary/aromatic N) is 1. The number of methoxy groups -OCH3 is 1. The zero-order valence-corrected chi connectivity index (χ0v) is 17.1. The number of halogens is 1. The Morgan fingerprint density at radius 2 is 1.72 bits per heavy atom. The number of hydrogen-bond acceptors (Lipinski definition) is 3. The number of carbonyl (C=O) groups is 2. The second kappa shape index (κ2) is 7.70. The highest BCUT2D eigenvalue weighted by molar-refractivity contribution is 6.05. The summed E-state index contributed by atoms with van der Waals surface area (Å²) in [5.74, 6) is -3.01. The highest BCUT2D eigenvalue weighted by atomic mass is 19.1. The Morgan fingerprint density at radius 3 is 2.24 bits per heavy atom. The van der Waals surface area contributed by atoms with Crippen LogP contribution in [-0.4, -0.2) is 28.7 Å². The predicted molar refractivity (Wildman–Crippen MR) is 109 cm³/mol. The average Bonchev–Trinajstić information content (AvgIpc) is 2.92. The van der Waals surface area contributed by atoms with Crippen molar-refractivity contribution in [1.82, 2.24) is 4.57 Å². The molecule has 0 aliphatic heterocycles. The molecule has 1 aromatic heterocycles. The van der Waals surface area contributed by atoms with E-state index in [1.54, 1.807) is 19.1 Å². The molecule has 152 valence electrons. The summed E-state index contributed by atoms with van der Waals surface area (Å²) in [4.78, 5) is 25.3. The molecule has 0 radical (unpaired) electrons. The highest BCUT2D eigenvalue weighted by Crippen LogP contribution is 2.39. The zero-order valence-electron chi connectivity index (χ0n) is 17.1. The van der Waals surface area contributed by atoms with Gasteiger partial charge in [0.15, 0.2) is 11.6 Å². The highest BCUT2D eigenvalue weighted by Gasteiger charge is 2.32. The van der Waals surface area contributed by atoms with Crippen molar-refractivity contribution >= 4 is 22.8 Å². The molecule has 1 N–H and O–H groups in total. The van der Waals surface area contributed by atoms with Gasteiger partial charge in [0.1, 0.15) is 0 Å². The number of aromatic nitrogens is 1. The van der Waals surface area contributed by atoms with Gasteiger partial charge >= 0.3 is 5.97 Å². The third-order valence-corrected chi connectivity index (χ3v) is 5.27. The Labute approximate surface area is 168 Å². The summed E-state index contributed by atoms with van der Waals surface area (Å²) >= 11 is 0. The van der Waals surface area contributed by atoms with Gasteiger partial charge in [0.25, 0.3) is 5.91 Å². The Kier molecular flexibility index (Phi) is 5.46. The molecule has 0 saturated heterocycles. The topological polar surface area (TPSA) is 68.5 Å². The van der Waals surface area contributed by atoms with Crippen molar-refractivity contribution in [3.05, 3.63) is 64.6 Å². The van der Waals surface area contributed by atoms with Crippen LogP contribution in [0.4, 0.5) is 4.39 Å². The van der Waals surface area contributed by atoms with E-state index in [2.05, 4.69) is 0 Å². The summed E-state index contributed by atoms with van der Waals surface area (Å²) in [5.41, 5.74) is 2.77. The van der Waals surface area contributed by atoms with Crippen LogP contribution < -0.4 is 4.74 Å². The van der Waals surface area contributed by atoms with E-state index in [0.29, 0.717) is 27.7 Å². The standard InChI is InChI=1S/C23H24FNO4/c1-12(2)20(23(27)28)21-14(4)25(22(26)15-8-6-13(3)7-9-15)18-11-17(24)19(29-5)10-16(18)21/h6-12,20H,1-5H3,(H,27,28). The summed E-state index contributed by atoms with van der Waals surface area (Å²) in [6.45, 7) is 7.24. The first kappa shape index (κ1) is 20.6. The fourth-order valence-electron chi connectivity index (χ4n) is 3.82. The van der Waals surface area contributed by atoms with Crippen molar-refractivity contribution in [2.75, 3.05) is 7.11 Å². The van der Waals surface area contributed by atoms with Crippen LogP contribution in [0.25, 0.3) is 10.9 Å². The number of rotatable bonds is 5. The molecule has 0 aliphatic carbocycles. The van der Waals surface area contributed by atoms with Crippen molar-refractivity contribution in [2.45, 2.75) is 33.6 Å². The van der Waals surface area contributed by atoms with Gasteiger partial charge in [-0.05, 0) is 43.5 Å². The van der Waals surface area contributed by atoms with Crippen molar-refractivity contribution in [1.29, 1.82) is 0 Å². The largest absolute Gasteiger partial charge is 0.494 e. The van der Waals surface area contributed by atoms with Gasteiger partial charge in [0.2, 0.25) is 0 Å².